The van der Waals surface area contributed by atoms with Crippen LogP contribution in [-0.4, -0.2) is 42.4 Å². The van der Waals surface area contributed by atoms with E-state index in [-0.39, 0.29) is 24.5 Å². The molecule has 0 aliphatic rings. The Kier molecular flexibility index (Phi) is 6.54. The lowest BCUT2D eigenvalue weighted by atomic mass is 9.96. The van der Waals surface area contributed by atoms with Crippen LogP contribution in [0.3, 0.4) is 0 Å². The van der Waals surface area contributed by atoms with Gasteiger partial charge >= 0.3 is 5.97 Å². The Labute approximate surface area is 147 Å². The summed E-state index contributed by atoms with van der Waals surface area (Å²) < 4.78 is 5.10. The van der Waals surface area contributed by atoms with Gasteiger partial charge in [-0.3, -0.25) is 9.59 Å². The Balaban J connectivity index is 2.72. The number of rotatable bonds is 5. The van der Waals surface area contributed by atoms with Gasteiger partial charge in [-0.15, -0.1) is 11.3 Å². The van der Waals surface area contributed by atoms with Gasteiger partial charge < -0.3 is 15.0 Å². The van der Waals surface area contributed by atoms with E-state index in [1.165, 1.54) is 4.90 Å². The highest BCUT2D eigenvalue weighted by molar-refractivity contribution is 7.18. The predicted octanol–water partition coefficient (Wildman–Crippen LogP) is 3.06. The van der Waals surface area contributed by atoms with Crippen LogP contribution in [0.4, 0.5) is 5.00 Å². The molecule has 0 radical (unpaired) electrons. The first kappa shape index (κ1) is 20.2. The number of ether oxygens (including phenoxy) is 1. The maximum Gasteiger partial charge on any atom is 0.349 e. The number of thiophene rings is 1. The number of amides is 2. The molecule has 1 heterocycles. The Hall–Kier alpha value is -1.89. The molecule has 0 fully saturated rings. The van der Waals surface area contributed by atoms with Crippen LogP contribution in [0.5, 0.6) is 0 Å². The van der Waals surface area contributed by atoms with Crippen molar-refractivity contribution in [3.8, 4) is 0 Å². The molecule has 7 heteroatoms. The van der Waals surface area contributed by atoms with Gasteiger partial charge in [0.2, 0.25) is 5.91 Å². The van der Waals surface area contributed by atoms with Crippen molar-refractivity contribution >= 4 is 34.1 Å². The number of hydrogen-bond acceptors (Lipinski definition) is 5. The lowest BCUT2D eigenvalue weighted by Gasteiger charge is -2.20. The lowest BCUT2D eigenvalue weighted by Crippen LogP contribution is -2.36. The summed E-state index contributed by atoms with van der Waals surface area (Å²) in [5.41, 5.74) is 0.186. The summed E-state index contributed by atoms with van der Waals surface area (Å²) in [5, 5.41) is 3.38. The van der Waals surface area contributed by atoms with Crippen LogP contribution < -0.4 is 5.32 Å². The normalized spacial score (nSPS) is 11.3. The maximum absolute atomic E-state index is 12.2. The average Bonchev–Trinajstić information content (AvgIpc) is 2.83. The summed E-state index contributed by atoms with van der Waals surface area (Å²) in [6, 6.07) is 1.77. The van der Waals surface area contributed by atoms with Crippen molar-refractivity contribution in [2.24, 2.45) is 5.41 Å². The summed E-state index contributed by atoms with van der Waals surface area (Å²) in [5.74, 6) is -0.939. The van der Waals surface area contributed by atoms with Crippen LogP contribution in [0.1, 0.15) is 49.9 Å². The molecule has 0 saturated heterocycles. The van der Waals surface area contributed by atoms with Gasteiger partial charge in [-0.05, 0) is 32.4 Å². The Bertz CT molecular complexity index is 629. The molecule has 0 atom stereocenters. The van der Waals surface area contributed by atoms with E-state index in [1.807, 2.05) is 34.6 Å². The van der Waals surface area contributed by atoms with E-state index in [0.29, 0.717) is 15.4 Å². The van der Waals surface area contributed by atoms with Gasteiger partial charge in [-0.2, -0.15) is 0 Å². The summed E-state index contributed by atoms with van der Waals surface area (Å²) >= 11 is 1.15. The van der Waals surface area contributed by atoms with Crippen LogP contribution in [0.15, 0.2) is 6.07 Å². The summed E-state index contributed by atoms with van der Waals surface area (Å²) in [7, 11) is 1.66. The number of nitrogens with one attached hydrogen (secondary N) is 1. The second-order valence-electron chi connectivity index (χ2n) is 7.00. The van der Waals surface area contributed by atoms with Crippen molar-refractivity contribution in [1.29, 1.82) is 0 Å². The van der Waals surface area contributed by atoms with Gasteiger partial charge in [0.05, 0.1) is 5.00 Å². The highest BCUT2D eigenvalue weighted by Crippen LogP contribution is 2.29. The molecule has 1 N–H and O–H groups in total. The molecule has 0 aliphatic carbocycles. The fourth-order valence-electron chi connectivity index (χ4n) is 1.63. The minimum absolute atomic E-state index is 0.0406. The minimum atomic E-state index is -0.556. The van der Waals surface area contributed by atoms with E-state index in [9.17, 15) is 14.4 Å². The third-order valence-electron chi connectivity index (χ3n) is 3.52. The molecule has 134 valence electrons. The van der Waals surface area contributed by atoms with Crippen molar-refractivity contribution in [3.05, 3.63) is 16.5 Å². The first-order valence-corrected chi connectivity index (χ1v) is 8.59. The fourth-order valence-corrected chi connectivity index (χ4v) is 2.59. The van der Waals surface area contributed by atoms with Crippen molar-refractivity contribution in [1.82, 2.24) is 4.90 Å². The zero-order valence-electron chi connectivity index (χ0n) is 15.4. The van der Waals surface area contributed by atoms with Gasteiger partial charge in [0.1, 0.15) is 4.88 Å². The molecule has 1 aromatic rings. The molecule has 6 nitrogen and oxygen atoms in total. The van der Waals surface area contributed by atoms with Crippen molar-refractivity contribution < 1.29 is 19.1 Å². The molecule has 0 spiro atoms. The second-order valence-corrected chi connectivity index (χ2v) is 8.05. The first-order chi connectivity index (χ1) is 10.9. The van der Waals surface area contributed by atoms with Crippen LogP contribution in [0.25, 0.3) is 0 Å². The predicted molar refractivity (Wildman–Crippen MR) is 95.3 cm³/mol. The second kappa shape index (κ2) is 7.79. The van der Waals surface area contributed by atoms with E-state index < -0.39 is 11.4 Å². The molecule has 2 amide bonds. The van der Waals surface area contributed by atoms with Crippen LogP contribution in [0.2, 0.25) is 0 Å². The number of likely N-dealkylation sites (N-methyl/N-ethyl adjacent to an activating group) is 1. The highest BCUT2D eigenvalue weighted by Gasteiger charge is 2.24. The smallest absolute Gasteiger partial charge is 0.349 e. The Morgan fingerprint density at radius 3 is 2.38 bits per heavy atom. The highest BCUT2D eigenvalue weighted by atomic mass is 32.1. The van der Waals surface area contributed by atoms with Crippen LogP contribution in [0, 0.1) is 12.3 Å². The molecule has 1 aromatic heterocycles. The fraction of sp³-hybridized carbons (Fsp3) is 0.588. The van der Waals surface area contributed by atoms with E-state index >= 15 is 0 Å². The number of esters is 1. The number of aryl methyl sites for hydroxylation is 1. The largest absolute Gasteiger partial charge is 0.451 e. The molecule has 0 saturated carbocycles. The quantitative estimate of drug-likeness (QED) is 0.825. The van der Waals surface area contributed by atoms with Gasteiger partial charge in [-0.25, -0.2) is 4.79 Å². The van der Waals surface area contributed by atoms with E-state index in [2.05, 4.69) is 5.32 Å². The van der Waals surface area contributed by atoms with E-state index in [0.717, 1.165) is 11.3 Å². The first-order valence-electron chi connectivity index (χ1n) is 7.78. The zero-order valence-corrected chi connectivity index (χ0v) is 16.2. The third kappa shape index (κ3) is 5.33. The summed E-state index contributed by atoms with van der Waals surface area (Å²) in [6.07, 6.45) is 0. The lowest BCUT2D eigenvalue weighted by molar-refractivity contribution is -0.134. The molecule has 1 rings (SSSR count). The van der Waals surface area contributed by atoms with Gasteiger partial charge in [0.15, 0.2) is 6.61 Å². The standard InChI is InChI=1S/C17H26N2O4S/c1-10(2)19(7)13(20)9-23-15(21)14-11(3)8-12(24-14)18-16(22)17(4,5)6/h8,10H,9H2,1-7H3,(H,18,22). The van der Waals surface area contributed by atoms with Gasteiger partial charge in [0, 0.05) is 18.5 Å². The third-order valence-corrected chi connectivity index (χ3v) is 4.65. The minimum Gasteiger partial charge on any atom is -0.451 e. The molecule has 0 aliphatic heterocycles. The van der Waals surface area contributed by atoms with Crippen molar-refractivity contribution in [2.45, 2.75) is 47.6 Å². The van der Waals surface area contributed by atoms with Crippen molar-refractivity contribution in [2.75, 3.05) is 19.0 Å². The molecular weight excluding hydrogens is 328 g/mol. The number of nitrogens with zero attached hydrogens (tertiary/aromatic N) is 1. The molecule has 0 bridgehead atoms. The van der Waals surface area contributed by atoms with E-state index in [1.54, 1.807) is 20.0 Å². The molecule has 0 unspecified atom stereocenters. The van der Waals surface area contributed by atoms with Crippen LogP contribution in [-0.2, 0) is 14.3 Å². The average molecular weight is 354 g/mol. The monoisotopic (exact) mass is 354 g/mol. The molecule has 24 heavy (non-hydrogen) atoms. The Morgan fingerprint density at radius 1 is 1.29 bits per heavy atom. The van der Waals surface area contributed by atoms with Crippen LogP contribution >= 0.6 is 11.3 Å². The number of anilines is 1. The van der Waals surface area contributed by atoms with Crippen molar-refractivity contribution in [3.63, 3.8) is 0 Å². The number of carbonyl (C=O) groups excluding carboxylic acids is 3. The summed E-state index contributed by atoms with van der Waals surface area (Å²) in [4.78, 5) is 37.9. The maximum atomic E-state index is 12.2. The molecular formula is C17H26N2O4S. The topological polar surface area (TPSA) is 75.7 Å². The zero-order chi connectivity index (χ0) is 18.7. The SMILES string of the molecule is Cc1cc(NC(=O)C(C)(C)C)sc1C(=O)OCC(=O)N(C)C(C)C. The Morgan fingerprint density at radius 2 is 1.88 bits per heavy atom. The molecule has 0 aromatic carbocycles. The summed E-state index contributed by atoms with van der Waals surface area (Å²) in [6.45, 7) is 10.7. The van der Waals surface area contributed by atoms with Gasteiger partial charge in [-0.1, -0.05) is 20.8 Å². The number of hydrogen-bond donors (Lipinski definition) is 1. The van der Waals surface area contributed by atoms with Gasteiger partial charge in [0.25, 0.3) is 5.91 Å². The van der Waals surface area contributed by atoms with E-state index in [4.69, 9.17) is 4.74 Å². The number of carbonyl (C=O) groups is 3.